The number of hydrogen-bond acceptors (Lipinski definition) is 3. The molecule has 0 aromatic heterocycles. The van der Waals surface area contributed by atoms with Crippen molar-refractivity contribution in [2.75, 3.05) is 6.54 Å². The third-order valence-corrected chi connectivity index (χ3v) is 2.78. The quantitative estimate of drug-likeness (QED) is 0.694. The van der Waals surface area contributed by atoms with Crippen molar-refractivity contribution in [2.24, 2.45) is 11.0 Å². The average Bonchev–Trinajstić information content (AvgIpc) is 2.71. The summed E-state index contributed by atoms with van der Waals surface area (Å²) < 4.78 is 0. The molecule has 0 saturated carbocycles. The molecule has 17 heavy (non-hydrogen) atoms. The smallest absolute Gasteiger partial charge is 0.253 e. The number of unbranched alkanes of at least 4 members (excludes halogenated alkanes) is 1. The maximum atomic E-state index is 11.9. The minimum Gasteiger partial charge on any atom is -0.352 e. The number of allylic oxidation sites excluding steroid dienone is 3. The lowest BCUT2D eigenvalue weighted by molar-refractivity contribution is -0.124. The van der Waals surface area contributed by atoms with Gasteiger partial charge in [0.25, 0.3) is 5.91 Å². The summed E-state index contributed by atoms with van der Waals surface area (Å²) in [7, 11) is 0. The Kier molecular flexibility index (Phi) is 3.37. The van der Waals surface area contributed by atoms with Gasteiger partial charge >= 0.3 is 0 Å². The Labute approximate surface area is 99.7 Å². The van der Waals surface area contributed by atoms with Gasteiger partial charge in [0.1, 0.15) is 5.92 Å². The summed E-state index contributed by atoms with van der Waals surface area (Å²) in [5.74, 6) is -0.958. The van der Waals surface area contributed by atoms with Crippen molar-refractivity contribution in [1.29, 1.82) is 0 Å². The maximum absolute atomic E-state index is 11.9. The third kappa shape index (κ3) is 2.27. The molecule has 1 atom stereocenters. The van der Waals surface area contributed by atoms with Crippen LogP contribution in [-0.4, -0.2) is 24.1 Å². The summed E-state index contributed by atoms with van der Waals surface area (Å²) in [6, 6.07) is 0. The molecular weight excluding hydrogens is 218 g/mol. The van der Waals surface area contributed by atoms with Crippen LogP contribution >= 0.6 is 0 Å². The second kappa shape index (κ2) is 4.95. The molecule has 5 heteroatoms. The number of nitrogens with zero attached hydrogens (tertiary/aromatic N) is 1. The van der Waals surface area contributed by atoms with Crippen LogP contribution in [0.1, 0.15) is 19.8 Å². The molecule has 0 fully saturated rings. The Morgan fingerprint density at radius 1 is 1.59 bits per heavy atom. The van der Waals surface area contributed by atoms with Crippen LogP contribution in [0, 0.1) is 5.92 Å². The highest BCUT2D eigenvalue weighted by Gasteiger charge is 2.36. The van der Waals surface area contributed by atoms with E-state index < -0.39 is 5.92 Å². The van der Waals surface area contributed by atoms with Crippen LogP contribution in [-0.2, 0) is 9.59 Å². The van der Waals surface area contributed by atoms with Crippen LogP contribution < -0.4 is 10.7 Å². The SMILES string of the molecule is CCCCNC(=O)C1=CC=CC2=NNC(=O)C12. The Hall–Kier alpha value is -1.91. The molecule has 0 aromatic carbocycles. The Balaban J connectivity index is 2.07. The van der Waals surface area contributed by atoms with Gasteiger partial charge in [0, 0.05) is 12.1 Å². The van der Waals surface area contributed by atoms with Crippen LogP contribution in [0.4, 0.5) is 0 Å². The van der Waals surface area contributed by atoms with Gasteiger partial charge in [-0.25, -0.2) is 5.43 Å². The fourth-order valence-corrected chi connectivity index (χ4v) is 1.85. The van der Waals surface area contributed by atoms with Crippen molar-refractivity contribution in [2.45, 2.75) is 19.8 Å². The van der Waals surface area contributed by atoms with E-state index in [1.807, 2.05) is 0 Å². The zero-order valence-electron chi connectivity index (χ0n) is 9.69. The van der Waals surface area contributed by atoms with Crippen molar-refractivity contribution in [3.63, 3.8) is 0 Å². The third-order valence-electron chi connectivity index (χ3n) is 2.78. The van der Waals surface area contributed by atoms with Gasteiger partial charge in [-0.2, -0.15) is 5.10 Å². The van der Waals surface area contributed by atoms with Crippen LogP contribution in [0.2, 0.25) is 0 Å². The fourth-order valence-electron chi connectivity index (χ4n) is 1.85. The van der Waals surface area contributed by atoms with Gasteiger partial charge in [-0.15, -0.1) is 0 Å². The molecule has 1 unspecified atom stereocenters. The number of amides is 2. The Morgan fingerprint density at radius 2 is 2.41 bits per heavy atom. The van der Waals surface area contributed by atoms with E-state index in [1.54, 1.807) is 18.2 Å². The molecule has 5 nitrogen and oxygen atoms in total. The molecule has 0 bridgehead atoms. The van der Waals surface area contributed by atoms with E-state index in [-0.39, 0.29) is 11.8 Å². The highest BCUT2D eigenvalue weighted by atomic mass is 16.2. The molecule has 2 rings (SSSR count). The number of nitrogens with one attached hydrogen (secondary N) is 2. The van der Waals surface area contributed by atoms with Gasteiger partial charge in [0.2, 0.25) is 5.91 Å². The molecule has 1 heterocycles. The number of rotatable bonds is 4. The van der Waals surface area contributed by atoms with Gasteiger partial charge in [-0.3, -0.25) is 9.59 Å². The first-order valence-electron chi connectivity index (χ1n) is 5.78. The normalized spacial score (nSPS) is 21.5. The summed E-state index contributed by atoms with van der Waals surface area (Å²) in [6.45, 7) is 2.70. The van der Waals surface area contributed by atoms with E-state index in [2.05, 4.69) is 22.8 Å². The highest BCUT2D eigenvalue weighted by Crippen LogP contribution is 2.22. The maximum Gasteiger partial charge on any atom is 0.253 e. The molecule has 1 aliphatic carbocycles. The highest BCUT2D eigenvalue weighted by molar-refractivity contribution is 6.21. The second-order valence-electron chi connectivity index (χ2n) is 4.04. The van der Waals surface area contributed by atoms with Crippen LogP contribution in [0.15, 0.2) is 28.9 Å². The summed E-state index contributed by atoms with van der Waals surface area (Å²) >= 11 is 0. The van der Waals surface area contributed by atoms with Gasteiger partial charge in [0.15, 0.2) is 0 Å². The standard InChI is InChI=1S/C12H15N3O2/c1-2-3-7-13-11(16)8-5-4-6-9-10(8)12(17)15-14-9/h4-6,10H,2-3,7H2,1H3,(H,13,16)(H,15,17). The van der Waals surface area contributed by atoms with Crippen molar-refractivity contribution in [3.05, 3.63) is 23.8 Å². The average molecular weight is 233 g/mol. The molecule has 0 saturated heterocycles. The van der Waals surface area contributed by atoms with Crippen LogP contribution in [0.5, 0.6) is 0 Å². The summed E-state index contributed by atoms with van der Waals surface area (Å²) in [5, 5.41) is 6.69. The zero-order chi connectivity index (χ0) is 12.3. The van der Waals surface area contributed by atoms with Crippen molar-refractivity contribution in [1.82, 2.24) is 10.7 Å². The zero-order valence-corrected chi connectivity index (χ0v) is 9.69. The fraction of sp³-hybridized carbons (Fsp3) is 0.417. The molecule has 0 spiro atoms. The van der Waals surface area contributed by atoms with Gasteiger partial charge in [0.05, 0.1) is 5.71 Å². The number of carbonyl (C=O) groups is 2. The summed E-state index contributed by atoms with van der Waals surface area (Å²) in [5.41, 5.74) is 3.47. The van der Waals surface area contributed by atoms with E-state index >= 15 is 0 Å². The summed E-state index contributed by atoms with van der Waals surface area (Å²) in [4.78, 5) is 23.5. The second-order valence-corrected chi connectivity index (χ2v) is 4.04. The lowest BCUT2D eigenvalue weighted by atomic mass is 9.89. The Bertz CT molecular complexity index is 435. The first-order chi connectivity index (χ1) is 8.24. The van der Waals surface area contributed by atoms with Crippen molar-refractivity contribution < 1.29 is 9.59 Å². The van der Waals surface area contributed by atoms with E-state index in [9.17, 15) is 9.59 Å². The first-order valence-corrected chi connectivity index (χ1v) is 5.78. The molecule has 1 aliphatic heterocycles. The molecule has 2 N–H and O–H groups in total. The molecule has 2 amide bonds. The lowest BCUT2D eigenvalue weighted by Crippen LogP contribution is -2.35. The predicted molar refractivity (Wildman–Crippen MR) is 64.2 cm³/mol. The lowest BCUT2D eigenvalue weighted by Gasteiger charge is -2.15. The molecule has 0 aromatic rings. The first kappa shape index (κ1) is 11.6. The van der Waals surface area contributed by atoms with E-state index in [4.69, 9.17) is 0 Å². The number of carbonyl (C=O) groups excluding carboxylic acids is 2. The van der Waals surface area contributed by atoms with Gasteiger partial charge in [-0.05, 0) is 12.5 Å². The van der Waals surface area contributed by atoms with Gasteiger partial charge in [-0.1, -0.05) is 25.5 Å². The van der Waals surface area contributed by atoms with Crippen LogP contribution in [0.25, 0.3) is 0 Å². The number of hydrazone groups is 1. The van der Waals surface area contributed by atoms with Crippen LogP contribution in [0.3, 0.4) is 0 Å². The number of fused-ring (bicyclic) bond motifs is 1. The molecule has 90 valence electrons. The predicted octanol–water partition coefficient (Wildman–Crippen LogP) is 0.501. The Morgan fingerprint density at radius 3 is 3.18 bits per heavy atom. The van der Waals surface area contributed by atoms with E-state index in [0.717, 1.165) is 12.8 Å². The van der Waals surface area contributed by atoms with Crippen molar-refractivity contribution >= 4 is 17.5 Å². The van der Waals surface area contributed by atoms with E-state index in [1.165, 1.54) is 0 Å². The largest absolute Gasteiger partial charge is 0.352 e. The van der Waals surface area contributed by atoms with E-state index in [0.29, 0.717) is 17.8 Å². The topological polar surface area (TPSA) is 70.6 Å². The number of hydrogen-bond donors (Lipinski definition) is 2. The molecular formula is C12H15N3O2. The minimum absolute atomic E-state index is 0.183. The molecule has 0 radical (unpaired) electrons. The van der Waals surface area contributed by atoms with Crippen molar-refractivity contribution in [3.8, 4) is 0 Å². The van der Waals surface area contributed by atoms with Gasteiger partial charge < -0.3 is 5.32 Å². The monoisotopic (exact) mass is 233 g/mol. The minimum atomic E-state index is -0.540. The summed E-state index contributed by atoms with van der Waals surface area (Å²) in [6.07, 6.45) is 7.12. The molecule has 2 aliphatic rings.